The number of amides is 1. The van der Waals surface area contributed by atoms with Crippen molar-refractivity contribution in [1.29, 1.82) is 0 Å². The van der Waals surface area contributed by atoms with Gasteiger partial charge in [-0.05, 0) is 67.2 Å². The van der Waals surface area contributed by atoms with E-state index in [1.807, 2.05) is 25.7 Å². The van der Waals surface area contributed by atoms with E-state index in [0.29, 0.717) is 5.92 Å². The van der Waals surface area contributed by atoms with Gasteiger partial charge in [0, 0.05) is 18.4 Å². The number of hydrogen-bond acceptors (Lipinski definition) is 4. The minimum absolute atomic E-state index is 0.202. The number of likely N-dealkylation sites (tertiary alicyclic amines) is 1. The van der Waals surface area contributed by atoms with Crippen molar-refractivity contribution in [3.8, 4) is 0 Å². The van der Waals surface area contributed by atoms with Gasteiger partial charge in [-0.1, -0.05) is 0 Å². The Kier molecular flexibility index (Phi) is 3.81. The topological polar surface area (TPSA) is 48.0 Å². The summed E-state index contributed by atoms with van der Waals surface area (Å²) in [5.41, 5.74) is -1.10. The molecule has 2 saturated heterocycles. The lowest BCUT2D eigenvalue weighted by atomic mass is 9.80. The highest BCUT2D eigenvalue weighted by Crippen LogP contribution is 2.59. The number of hydrogen-bond donors (Lipinski definition) is 0. The molecule has 6 heteroatoms. The number of fused-ring (bicyclic) bond motifs is 1. The SMILES string of the molecule is CC(C)(C)OC(=O)N1CCC[C@@H]2[C@@H](B3OC(C)(C)C(C)(C)O3)[C@@H]21. The number of ether oxygens (including phenoxy) is 1. The molecule has 0 aromatic rings. The van der Waals surface area contributed by atoms with Crippen molar-refractivity contribution in [2.45, 2.75) is 90.0 Å². The van der Waals surface area contributed by atoms with Crippen molar-refractivity contribution in [2.24, 2.45) is 5.92 Å². The third-order valence-corrected chi connectivity index (χ3v) is 5.70. The molecule has 3 rings (SSSR count). The average molecular weight is 323 g/mol. The zero-order valence-electron chi connectivity index (χ0n) is 15.5. The highest BCUT2D eigenvalue weighted by molar-refractivity contribution is 6.49. The van der Waals surface area contributed by atoms with E-state index >= 15 is 0 Å². The Hall–Kier alpha value is -0.745. The van der Waals surface area contributed by atoms with Crippen LogP contribution in [-0.4, -0.2) is 47.5 Å². The number of rotatable bonds is 1. The summed E-state index contributed by atoms with van der Waals surface area (Å²) in [5.74, 6) is 0.747. The standard InChI is InChI=1S/C17H30BNO4/c1-15(2,3)21-14(20)19-10-8-9-11-12(13(11)19)18-22-16(4,5)17(6,7)23-18/h11-13H,8-10H2,1-7H3/t11-,12-,13-/m1/s1. The first-order valence-corrected chi connectivity index (χ1v) is 8.78. The summed E-state index contributed by atoms with van der Waals surface area (Å²) in [6, 6.07) is 0.202. The third-order valence-electron chi connectivity index (χ3n) is 5.70. The Morgan fingerprint density at radius 2 is 1.74 bits per heavy atom. The molecule has 0 spiro atoms. The van der Waals surface area contributed by atoms with E-state index in [-0.39, 0.29) is 36.3 Å². The normalized spacial score (nSPS) is 35.0. The van der Waals surface area contributed by atoms with Gasteiger partial charge in [0.25, 0.3) is 0 Å². The number of nitrogens with zero attached hydrogens (tertiary/aromatic N) is 1. The summed E-state index contributed by atoms with van der Waals surface area (Å²) < 4.78 is 18.0. The lowest BCUT2D eigenvalue weighted by Crippen LogP contribution is -2.41. The minimum Gasteiger partial charge on any atom is -0.444 e. The molecular weight excluding hydrogens is 293 g/mol. The summed E-state index contributed by atoms with van der Waals surface area (Å²) in [7, 11) is -0.224. The van der Waals surface area contributed by atoms with Crippen LogP contribution in [0.3, 0.4) is 0 Å². The van der Waals surface area contributed by atoms with E-state index < -0.39 is 5.60 Å². The number of carbonyl (C=O) groups is 1. The van der Waals surface area contributed by atoms with Crippen molar-refractivity contribution in [3.63, 3.8) is 0 Å². The summed E-state index contributed by atoms with van der Waals surface area (Å²) in [5, 5.41) is 0. The first kappa shape index (κ1) is 17.1. The molecule has 2 aliphatic heterocycles. The third kappa shape index (κ3) is 3.00. The zero-order chi connectivity index (χ0) is 17.2. The Morgan fingerprint density at radius 3 is 2.26 bits per heavy atom. The molecule has 1 amide bonds. The zero-order valence-corrected chi connectivity index (χ0v) is 15.5. The second-order valence-corrected chi connectivity index (χ2v) is 9.17. The van der Waals surface area contributed by atoms with Gasteiger partial charge in [-0.3, -0.25) is 0 Å². The fourth-order valence-corrected chi connectivity index (χ4v) is 3.77. The van der Waals surface area contributed by atoms with Crippen LogP contribution in [0.2, 0.25) is 5.82 Å². The Morgan fingerprint density at radius 1 is 1.17 bits per heavy atom. The first-order valence-electron chi connectivity index (χ1n) is 8.78. The molecule has 1 aliphatic carbocycles. The molecule has 3 aliphatic rings. The molecule has 0 N–H and O–H groups in total. The molecule has 130 valence electrons. The van der Waals surface area contributed by atoms with Crippen molar-refractivity contribution in [1.82, 2.24) is 4.90 Å². The second-order valence-electron chi connectivity index (χ2n) is 9.17. The molecule has 3 atom stereocenters. The van der Waals surface area contributed by atoms with Crippen LogP contribution in [-0.2, 0) is 14.0 Å². The van der Waals surface area contributed by atoms with E-state index in [4.69, 9.17) is 14.0 Å². The van der Waals surface area contributed by atoms with E-state index in [1.54, 1.807) is 0 Å². The summed E-state index contributed by atoms with van der Waals surface area (Å²) in [6.45, 7) is 14.8. The maximum atomic E-state index is 12.5. The molecule has 3 fully saturated rings. The largest absolute Gasteiger partial charge is 0.463 e. The Labute approximate surface area is 140 Å². The molecule has 1 saturated carbocycles. The van der Waals surface area contributed by atoms with Crippen LogP contribution in [0.25, 0.3) is 0 Å². The Balaban J connectivity index is 1.70. The van der Waals surface area contributed by atoms with Gasteiger partial charge in [-0.2, -0.15) is 0 Å². The maximum Gasteiger partial charge on any atom is 0.463 e. The number of carbonyl (C=O) groups excluding carboxylic acids is 1. The quantitative estimate of drug-likeness (QED) is 0.693. The van der Waals surface area contributed by atoms with Crippen LogP contribution < -0.4 is 0 Å². The molecule has 0 aromatic carbocycles. The first-order chi connectivity index (χ1) is 10.4. The van der Waals surface area contributed by atoms with Gasteiger partial charge in [-0.25, -0.2) is 4.79 Å². The molecule has 2 heterocycles. The van der Waals surface area contributed by atoms with Gasteiger partial charge in [0.15, 0.2) is 0 Å². The fraction of sp³-hybridized carbons (Fsp3) is 0.941. The van der Waals surface area contributed by atoms with Gasteiger partial charge in [0.05, 0.1) is 11.2 Å². The number of piperidine rings is 1. The lowest BCUT2D eigenvalue weighted by Gasteiger charge is -2.32. The molecule has 5 nitrogen and oxygen atoms in total. The smallest absolute Gasteiger partial charge is 0.444 e. The summed E-state index contributed by atoms with van der Waals surface area (Å²) in [6.07, 6.45) is 1.96. The van der Waals surface area contributed by atoms with E-state index in [9.17, 15) is 4.79 Å². The van der Waals surface area contributed by atoms with E-state index in [2.05, 4.69) is 27.7 Å². The summed E-state index contributed by atoms with van der Waals surface area (Å²) in [4.78, 5) is 14.4. The van der Waals surface area contributed by atoms with E-state index in [1.165, 1.54) is 0 Å². The van der Waals surface area contributed by atoms with Gasteiger partial charge in [-0.15, -0.1) is 0 Å². The molecule has 0 radical (unpaired) electrons. The van der Waals surface area contributed by atoms with Crippen LogP contribution in [0.15, 0.2) is 0 Å². The molecular formula is C17H30BNO4. The average Bonchev–Trinajstić information content (AvgIpc) is 3.03. The molecule has 0 aromatic heterocycles. The van der Waals surface area contributed by atoms with Gasteiger partial charge >= 0.3 is 13.2 Å². The van der Waals surface area contributed by atoms with Crippen molar-refractivity contribution >= 4 is 13.2 Å². The van der Waals surface area contributed by atoms with Crippen molar-refractivity contribution < 1.29 is 18.8 Å². The predicted molar refractivity (Wildman–Crippen MR) is 89.3 cm³/mol. The van der Waals surface area contributed by atoms with Gasteiger partial charge in [0.2, 0.25) is 0 Å². The molecule has 0 unspecified atom stereocenters. The van der Waals surface area contributed by atoms with E-state index in [0.717, 1.165) is 19.4 Å². The van der Waals surface area contributed by atoms with Gasteiger partial charge in [0.1, 0.15) is 5.60 Å². The predicted octanol–water partition coefficient (Wildman–Crippen LogP) is 3.48. The molecule has 0 bridgehead atoms. The molecule has 23 heavy (non-hydrogen) atoms. The van der Waals surface area contributed by atoms with Crippen LogP contribution in [0.4, 0.5) is 4.79 Å². The van der Waals surface area contributed by atoms with Crippen LogP contribution in [0.5, 0.6) is 0 Å². The van der Waals surface area contributed by atoms with Crippen LogP contribution in [0, 0.1) is 5.92 Å². The van der Waals surface area contributed by atoms with Crippen molar-refractivity contribution in [2.75, 3.05) is 6.54 Å². The Bertz CT molecular complexity index is 483. The highest BCUT2D eigenvalue weighted by Gasteiger charge is 2.67. The fourth-order valence-electron chi connectivity index (χ4n) is 3.77. The summed E-state index contributed by atoms with van der Waals surface area (Å²) >= 11 is 0. The minimum atomic E-state index is -0.460. The monoisotopic (exact) mass is 323 g/mol. The van der Waals surface area contributed by atoms with Gasteiger partial charge < -0.3 is 18.9 Å². The van der Waals surface area contributed by atoms with Crippen molar-refractivity contribution in [3.05, 3.63) is 0 Å². The maximum absolute atomic E-state index is 12.5. The highest BCUT2D eigenvalue weighted by atomic mass is 16.7. The second kappa shape index (κ2) is 5.12. The van der Waals surface area contributed by atoms with Crippen LogP contribution >= 0.6 is 0 Å². The van der Waals surface area contributed by atoms with Crippen LogP contribution in [0.1, 0.15) is 61.3 Å². The lowest BCUT2D eigenvalue weighted by molar-refractivity contribution is 0.00578.